The fourth-order valence-corrected chi connectivity index (χ4v) is 3.69. The average molecular weight is 420 g/mol. The van der Waals surface area contributed by atoms with Crippen LogP contribution >= 0.6 is 0 Å². The van der Waals surface area contributed by atoms with Crippen LogP contribution in [0.1, 0.15) is 42.8 Å². The summed E-state index contributed by atoms with van der Waals surface area (Å²) < 4.78 is 1.49. The number of nitrogens with one attached hydrogen (secondary N) is 2. The first-order valence-electron chi connectivity index (χ1n) is 10.1. The van der Waals surface area contributed by atoms with E-state index in [-0.39, 0.29) is 11.9 Å². The normalized spacial score (nSPS) is 14.5. The molecule has 2 aromatic heterocycles. The van der Waals surface area contributed by atoms with Gasteiger partial charge in [-0.2, -0.15) is 9.78 Å². The number of hydrogen-bond acceptors (Lipinski definition) is 6. The minimum atomic E-state index is -0.448. The number of carbonyl (C=O) groups is 2. The Kier molecular flexibility index (Phi) is 5.61. The monoisotopic (exact) mass is 420 g/mol. The van der Waals surface area contributed by atoms with Crippen LogP contribution in [-0.4, -0.2) is 43.2 Å². The van der Waals surface area contributed by atoms with Crippen molar-refractivity contribution in [3.63, 3.8) is 0 Å². The first kappa shape index (κ1) is 20.5. The summed E-state index contributed by atoms with van der Waals surface area (Å²) in [6, 6.07) is 4.71. The number of benzene rings is 1. The van der Waals surface area contributed by atoms with Crippen LogP contribution in [0.5, 0.6) is 0 Å². The lowest BCUT2D eigenvalue weighted by molar-refractivity contribution is -0.117. The van der Waals surface area contributed by atoms with Gasteiger partial charge in [0.25, 0.3) is 5.95 Å². The molecule has 0 bridgehead atoms. The van der Waals surface area contributed by atoms with Crippen LogP contribution in [0.15, 0.2) is 36.9 Å². The van der Waals surface area contributed by atoms with E-state index in [0.29, 0.717) is 30.4 Å². The number of urea groups is 1. The Morgan fingerprint density at radius 2 is 1.90 bits per heavy atom. The van der Waals surface area contributed by atoms with E-state index in [0.717, 1.165) is 23.2 Å². The van der Waals surface area contributed by atoms with Gasteiger partial charge in [0.15, 0.2) is 5.82 Å². The van der Waals surface area contributed by atoms with E-state index in [2.05, 4.69) is 30.7 Å². The first-order valence-corrected chi connectivity index (χ1v) is 10.1. The Hall–Kier alpha value is -3.82. The maximum atomic E-state index is 12.7. The SMILES string of the molecule is Cc1cc(C)c(N2CCCC2=O)cc1NC(=O)NC(C)c1ncnn1-c1ncccn1. The lowest BCUT2D eigenvalue weighted by Gasteiger charge is -2.21. The topological polar surface area (TPSA) is 118 Å². The van der Waals surface area contributed by atoms with Crippen LogP contribution in [0.4, 0.5) is 16.2 Å². The Balaban J connectivity index is 1.50. The molecule has 0 radical (unpaired) electrons. The van der Waals surface area contributed by atoms with Gasteiger partial charge in [0, 0.05) is 36.7 Å². The van der Waals surface area contributed by atoms with Gasteiger partial charge >= 0.3 is 6.03 Å². The highest BCUT2D eigenvalue weighted by Gasteiger charge is 2.24. The predicted octanol–water partition coefficient (Wildman–Crippen LogP) is 2.68. The molecule has 10 heteroatoms. The summed E-state index contributed by atoms with van der Waals surface area (Å²) >= 11 is 0. The first-order chi connectivity index (χ1) is 14.9. The third kappa shape index (κ3) is 4.23. The van der Waals surface area contributed by atoms with Crippen molar-refractivity contribution in [3.8, 4) is 5.95 Å². The van der Waals surface area contributed by atoms with E-state index in [1.54, 1.807) is 30.3 Å². The summed E-state index contributed by atoms with van der Waals surface area (Å²) in [5.41, 5.74) is 3.40. The molecule has 160 valence electrons. The van der Waals surface area contributed by atoms with E-state index in [4.69, 9.17) is 0 Å². The van der Waals surface area contributed by atoms with Gasteiger partial charge in [-0.05, 0) is 50.5 Å². The molecule has 1 aliphatic heterocycles. The fourth-order valence-electron chi connectivity index (χ4n) is 3.69. The van der Waals surface area contributed by atoms with E-state index < -0.39 is 6.04 Å². The molecule has 3 aromatic rings. The number of amides is 3. The number of aromatic nitrogens is 5. The second-order valence-electron chi connectivity index (χ2n) is 7.50. The van der Waals surface area contributed by atoms with Gasteiger partial charge in [-0.25, -0.2) is 19.7 Å². The Labute approximate surface area is 179 Å². The minimum absolute atomic E-state index is 0.110. The minimum Gasteiger partial charge on any atom is -0.328 e. The lowest BCUT2D eigenvalue weighted by Crippen LogP contribution is -2.33. The molecule has 4 rings (SSSR count). The zero-order valence-corrected chi connectivity index (χ0v) is 17.7. The van der Waals surface area contributed by atoms with Crippen LogP contribution in [-0.2, 0) is 4.79 Å². The third-order valence-corrected chi connectivity index (χ3v) is 5.21. The molecule has 3 heterocycles. The molecule has 1 aliphatic rings. The van der Waals surface area contributed by atoms with Crippen LogP contribution in [0.25, 0.3) is 5.95 Å². The van der Waals surface area contributed by atoms with Crippen LogP contribution in [0, 0.1) is 13.8 Å². The molecule has 0 aliphatic carbocycles. The van der Waals surface area contributed by atoms with Crippen molar-refractivity contribution < 1.29 is 9.59 Å². The number of hydrogen-bond donors (Lipinski definition) is 2. The van der Waals surface area contributed by atoms with Crippen molar-refractivity contribution >= 4 is 23.3 Å². The van der Waals surface area contributed by atoms with Crippen molar-refractivity contribution in [3.05, 3.63) is 53.9 Å². The third-order valence-electron chi connectivity index (χ3n) is 5.21. The lowest BCUT2D eigenvalue weighted by atomic mass is 10.1. The van der Waals surface area contributed by atoms with Gasteiger partial charge in [0.2, 0.25) is 5.91 Å². The second kappa shape index (κ2) is 8.50. The number of anilines is 2. The highest BCUT2D eigenvalue weighted by molar-refractivity contribution is 5.98. The maximum absolute atomic E-state index is 12.7. The van der Waals surface area contributed by atoms with Gasteiger partial charge in [-0.15, -0.1) is 0 Å². The van der Waals surface area contributed by atoms with E-state index in [1.807, 2.05) is 26.0 Å². The fraction of sp³-hybridized carbons (Fsp3) is 0.333. The molecular weight excluding hydrogens is 396 g/mol. The zero-order chi connectivity index (χ0) is 22.0. The van der Waals surface area contributed by atoms with Crippen LogP contribution in [0.2, 0.25) is 0 Å². The van der Waals surface area contributed by atoms with Gasteiger partial charge < -0.3 is 15.5 Å². The number of rotatable bonds is 5. The summed E-state index contributed by atoms with van der Waals surface area (Å²) in [6.45, 7) is 6.39. The van der Waals surface area contributed by atoms with Crippen molar-refractivity contribution in [2.24, 2.45) is 0 Å². The van der Waals surface area contributed by atoms with Crippen molar-refractivity contribution in [2.45, 2.75) is 39.7 Å². The molecule has 1 atom stereocenters. The number of carbonyl (C=O) groups excluding carboxylic acids is 2. The summed E-state index contributed by atoms with van der Waals surface area (Å²) in [4.78, 5) is 39.2. The van der Waals surface area contributed by atoms with Crippen molar-refractivity contribution in [1.29, 1.82) is 0 Å². The highest BCUT2D eigenvalue weighted by atomic mass is 16.2. The molecule has 2 N–H and O–H groups in total. The standard InChI is InChI=1S/C21H24N8O2/c1-13-10-14(2)17(28-9-4-6-18(28)30)11-16(13)27-21(31)26-15(3)19-24-12-25-29(19)20-22-7-5-8-23-20/h5,7-8,10-12,15H,4,6,9H2,1-3H3,(H2,26,27,31). The van der Waals surface area contributed by atoms with E-state index in [9.17, 15) is 9.59 Å². The van der Waals surface area contributed by atoms with Crippen LogP contribution < -0.4 is 15.5 Å². The molecular formula is C21H24N8O2. The second-order valence-corrected chi connectivity index (χ2v) is 7.50. The summed E-state index contributed by atoms with van der Waals surface area (Å²) in [5.74, 6) is 0.988. The highest BCUT2D eigenvalue weighted by Crippen LogP contribution is 2.30. The summed E-state index contributed by atoms with van der Waals surface area (Å²) in [6.07, 6.45) is 6.02. The van der Waals surface area contributed by atoms with Crippen molar-refractivity contribution in [1.82, 2.24) is 30.0 Å². The molecule has 1 saturated heterocycles. The number of nitrogens with zero attached hydrogens (tertiary/aromatic N) is 6. The molecule has 1 aromatic carbocycles. The maximum Gasteiger partial charge on any atom is 0.319 e. The average Bonchev–Trinajstić information content (AvgIpc) is 3.40. The molecule has 0 spiro atoms. The smallest absolute Gasteiger partial charge is 0.319 e. The quantitative estimate of drug-likeness (QED) is 0.655. The molecule has 10 nitrogen and oxygen atoms in total. The van der Waals surface area contributed by atoms with Gasteiger partial charge in [0.05, 0.1) is 6.04 Å². The predicted molar refractivity (Wildman–Crippen MR) is 115 cm³/mol. The Morgan fingerprint density at radius 1 is 1.13 bits per heavy atom. The zero-order valence-electron chi connectivity index (χ0n) is 17.7. The molecule has 1 unspecified atom stereocenters. The summed E-state index contributed by atoms with van der Waals surface area (Å²) in [7, 11) is 0. The molecule has 3 amide bonds. The van der Waals surface area contributed by atoms with Crippen LogP contribution in [0.3, 0.4) is 0 Å². The van der Waals surface area contributed by atoms with Gasteiger partial charge in [0.1, 0.15) is 6.33 Å². The van der Waals surface area contributed by atoms with E-state index in [1.165, 1.54) is 11.0 Å². The van der Waals surface area contributed by atoms with Gasteiger partial charge in [-0.3, -0.25) is 4.79 Å². The number of aryl methyl sites for hydroxylation is 2. The molecule has 31 heavy (non-hydrogen) atoms. The van der Waals surface area contributed by atoms with Gasteiger partial charge in [-0.1, -0.05) is 6.07 Å². The Morgan fingerprint density at radius 3 is 2.61 bits per heavy atom. The summed E-state index contributed by atoms with van der Waals surface area (Å²) in [5, 5.41) is 9.92. The van der Waals surface area contributed by atoms with E-state index >= 15 is 0 Å². The largest absolute Gasteiger partial charge is 0.328 e. The molecule has 1 fully saturated rings. The Bertz CT molecular complexity index is 1110. The molecule has 0 saturated carbocycles. The van der Waals surface area contributed by atoms with Crippen molar-refractivity contribution in [2.75, 3.05) is 16.8 Å².